The summed E-state index contributed by atoms with van der Waals surface area (Å²) in [5.41, 5.74) is 4.58. The van der Waals surface area contributed by atoms with Crippen LogP contribution in [0.4, 0.5) is 17.2 Å². The number of hydrogen-bond acceptors (Lipinski definition) is 4. The van der Waals surface area contributed by atoms with E-state index in [1.54, 1.807) is 12.1 Å². The van der Waals surface area contributed by atoms with E-state index in [2.05, 4.69) is 25.6 Å². The molecule has 3 N–H and O–H groups in total. The number of halogens is 1. The minimum Gasteiger partial charge on any atom is -0.349 e. The normalized spacial score (nSPS) is 10.8. The molecule has 0 aliphatic carbocycles. The number of nitrogens with zero attached hydrogens (tertiary/aromatic N) is 2. The number of fused-ring (bicyclic) bond motifs is 1. The fourth-order valence-electron chi connectivity index (χ4n) is 3.42. The standard InChI is InChI=1S/C25H18ClN5O/c26-20-8-4-7-17-13-22(31-24(17)20)25(32)30-19-11-9-18(10-12-19)29-23-14-21(27-15-28-23)16-5-2-1-3-6-16/h1-15,31H,(H,30,32)(H,27,28,29). The Morgan fingerprint density at radius 2 is 1.62 bits per heavy atom. The van der Waals surface area contributed by atoms with Crippen LogP contribution >= 0.6 is 11.6 Å². The second-order valence-electron chi connectivity index (χ2n) is 7.20. The predicted octanol–water partition coefficient (Wildman–Crippen LogP) is 6.27. The van der Waals surface area contributed by atoms with Crippen molar-refractivity contribution >= 4 is 45.6 Å². The number of carbonyl (C=O) groups excluding carboxylic acids is 1. The number of rotatable bonds is 5. The lowest BCUT2D eigenvalue weighted by atomic mass is 10.1. The molecule has 5 aromatic rings. The van der Waals surface area contributed by atoms with E-state index in [9.17, 15) is 4.79 Å². The summed E-state index contributed by atoms with van der Waals surface area (Å²) >= 11 is 6.18. The molecule has 6 nitrogen and oxygen atoms in total. The largest absolute Gasteiger partial charge is 0.349 e. The third-order valence-electron chi connectivity index (χ3n) is 5.00. The number of hydrogen-bond donors (Lipinski definition) is 3. The van der Waals surface area contributed by atoms with Crippen LogP contribution in [0, 0.1) is 0 Å². The van der Waals surface area contributed by atoms with Crippen molar-refractivity contribution in [2.75, 3.05) is 10.6 Å². The van der Waals surface area contributed by atoms with Crippen LogP contribution in [0.3, 0.4) is 0 Å². The number of aromatic amines is 1. The first kappa shape index (κ1) is 19.8. The van der Waals surface area contributed by atoms with Gasteiger partial charge in [0.2, 0.25) is 0 Å². The fourth-order valence-corrected chi connectivity index (χ4v) is 3.65. The summed E-state index contributed by atoms with van der Waals surface area (Å²) in [6.07, 6.45) is 1.53. The number of benzene rings is 3. The maximum Gasteiger partial charge on any atom is 0.272 e. The fraction of sp³-hybridized carbons (Fsp3) is 0. The predicted molar refractivity (Wildman–Crippen MR) is 128 cm³/mol. The van der Waals surface area contributed by atoms with Crippen LogP contribution in [0.5, 0.6) is 0 Å². The Morgan fingerprint density at radius 1 is 0.844 bits per heavy atom. The van der Waals surface area contributed by atoms with Crippen molar-refractivity contribution in [3.05, 3.63) is 102 Å². The van der Waals surface area contributed by atoms with E-state index in [1.165, 1.54) is 6.33 Å². The maximum absolute atomic E-state index is 12.6. The molecule has 0 aliphatic rings. The summed E-state index contributed by atoms with van der Waals surface area (Å²) in [6.45, 7) is 0. The molecule has 32 heavy (non-hydrogen) atoms. The van der Waals surface area contributed by atoms with E-state index >= 15 is 0 Å². The summed E-state index contributed by atoms with van der Waals surface area (Å²) < 4.78 is 0. The highest BCUT2D eigenvalue weighted by Gasteiger charge is 2.11. The molecule has 1 amide bonds. The molecule has 0 aliphatic heterocycles. The van der Waals surface area contributed by atoms with E-state index in [4.69, 9.17) is 11.6 Å². The van der Waals surface area contributed by atoms with Crippen molar-refractivity contribution in [3.63, 3.8) is 0 Å². The van der Waals surface area contributed by atoms with Crippen molar-refractivity contribution in [1.82, 2.24) is 15.0 Å². The molecule has 2 heterocycles. The number of H-pyrrole nitrogens is 1. The molecule has 2 aromatic heterocycles. The maximum atomic E-state index is 12.6. The average molecular weight is 440 g/mol. The molecule has 0 saturated heterocycles. The number of nitrogens with one attached hydrogen (secondary N) is 3. The lowest BCUT2D eigenvalue weighted by molar-refractivity contribution is 0.102. The molecule has 0 spiro atoms. The van der Waals surface area contributed by atoms with Gasteiger partial charge in [-0.2, -0.15) is 0 Å². The van der Waals surface area contributed by atoms with Gasteiger partial charge in [-0.25, -0.2) is 9.97 Å². The lowest BCUT2D eigenvalue weighted by Crippen LogP contribution is -2.12. The molecule has 5 rings (SSSR count). The smallest absolute Gasteiger partial charge is 0.272 e. The molecular formula is C25H18ClN5O. The lowest BCUT2D eigenvalue weighted by Gasteiger charge is -2.09. The molecular weight excluding hydrogens is 422 g/mol. The summed E-state index contributed by atoms with van der Waals surface area (Å²) in [4.78, 5) is 24.3. The van der Waals surface area contributed by atoms with Crippen LogP contribution in [-0.4, -0.2) is 20.9 Å². The van der Waals surface area contributed by atoms with Gasteiger partial charge in [-0.1, -0.05) is 54.1 Å². The average Bonchev–Trinajstić information content (AvgIpc) is 3.27. The van der Waals surface area contributed by atoms with E-state index < -0.39 is 0 Å². The Kier molecular flexibility index (Phi) is 5.27. The van der Waals surface area contributed by atoms with Crippen LogP contribution < -0.4 is 10.6 Å². The van der Waals surface area contributed by atoms with Gasteiger partial charge in [0, 0.05) is 28.4 Å². The molecule has 7 heteroatoms. The van der Waals surface area contributed by atoms with Gasteiger partial charge in [-0.05, 0) is 36.4 Å². The van der Waals surface area contributed by atoms with E-state index in [0.29, 0.717) is 22.2 Å². The molecule has 0 saturated carbocycles. The number of para-hydroxylation sites is 1. The summed E-state index contributed by atoms with van der Waals surface area (Å²) in [5, 5.41) is 7.63. The Hall–Kier alpha value is -4.16. The van der Waals surface area contributed by atoms with E-state index in [0.717, 1.165) is 27.8 Å². The highest BCUT2D eigenvalue weighted by Crippen LogP contribution is 2.25. The van der Waals surface area contributed by atoms with Gasteiger partial charge in [-0.15, -0.1) is 0 Å². The zero-order chi connectivity index (χ0) is 21.9. The molecule has 0 atom stereocenters. The van der Waals surface area contributed by atoms with Gasteiger partial charge in [0.05, 0.1) is 16.2 Å². The summed E-state index contributed by atoms with van der Waals surface area (Å²) in [5.74, 6) is 0.451. The monoisotopic (exact) mass is 439 g/mol. The van der Waals surface area contributed by atoms with Gasteiger partial charge in [0.15, 0.2) is 0 Å². The SMILES string of the molecule is O=C(Nc1ccc(Nc2cc(-c3ccccc3)ncn2)cc1)c1cc2cccc(Cl)c2[nH]1. The number of aromatic nitrogens is 3. The van der Waals surface area contributed by atoms with Gasteiger partial charge >= 0.3 is 0 Å². The summed E-state index contributed by atoms with van der Waals surface area (Å²) in [7, 11) is 0. The minimum atomic E-state index is -0.235. The zero-order valence-electron chi connectivity index (χ0n) is 16.8. The van der Waals surface area contributed by atoms with E-state index in [-0.39, 0.29) is 5.91 Å². The molecule has 156 valence electrons. The highest BCUT2D eigenvalue weighted by molar-refractivity contribution is 6.35. The molecule has 0 bridgehead atoms. The first-order valence-electron chi connectivity index (χ1n) is 9.99. The van der Waals surface area contributed by atoms with Crippen molar-refractivity contribution < 1.29 is 4.79 Å². The Labute approximate surface area is 189 Å². The first-order chi connectivity index (χ1) is 15.7. The topological polar surface area (TPSA) is 82.7 Å². The van der Waals surface area contributed by atoms with Crippen molar-refractivity contribution in [2.45, 2.75) is 0 Å². The highest BCUT2D eigenvalue weighted by atomic mass is 35.5. The second kappa shape index (κ2) is 8.53. The molecule has 3 aromatic carbocycles. The van der Waals surface area contributed by atoms with Crippen molar-refractivity contribution in [2.24, 2.45) is 0 Å². The van der Waals surface area contributed by atoms with Crippen LogP contribution in [0.2, 0.25) is 5.02 Å². The zero-order valence-corrected chi connectivity index (χ0v) is 17.6. The third-order valence-corrected chi connectivity index (χ3v) is 5.32. The van der Waals surface area contributed by atoms with Gasteiger partial charge < -0.3 is 15.6 Å². The Bertz CT molecular complexity index is 1400. The van der Waals surface area contributed by atoms with Crippen molar-refractivity contribution in [3.8, 4) is 11.3 Å². The van der Waals surface area contributed by atoms with E-state index in [1.807, 2.05) is 72.8 Å². The second-order valence-corrected chi connectivity index (χ2v) is 7.61. The quantitative estimate of drug-likeness (QED) is 0.301. The van der Waals surface area contributed by atoms with Crippen LogP contribution in [0.15, 0.2) is 91.3 Å². The van der Waals surface area contributed by atoms with Crippen molar-refractivity contribution in [1.29, 1.82) is 0 Å². The molecule has 0 fully saturated rings. The van der Waals surface area contributed by atoms with Gasteiger partial charge in [0.1, 0.15) is 17.8 Å². The van der Waals surface area contributed by atoms with Crippen LogP contribution in [0.1, 0.15) is 10.5 Å². The number of amides is 1. The third kappa shape index (κ3) is 4.17. The number of carbonyl (C=O) groups is 1. The molecule has 0 radical (unpaired) electrons. The summed E-state index contributed by atoms with van der Waals surface area (Å²) in [6, 6.07) is 26.6. The van der Waals surface area contributed by atoms with Gasteiger partial charge in [0.25, 0.3) is 5.91 Å². The van der Waals surface area contributed by atoms with Gasteiger partial charge in [-0.3, -0.25) is 4.79 Å². The van der Waals surface area contributed by atoms with Crippen LogP contribution in [-0.2, 0) is 0 Å². The minimum absolute atomic E-state index is 0.235. The Balaban J connectivity index is 1.28. The Morgan fingerprint density at radius 3 is 2.41 bits per heavy atom. The first-order valence-corrected chi connectivity index (χ1v) is 10.4. The number of anilines is 3. The van der Waals surface area contributed by atoms with Crippen LogP contribution in [0.25, 0.3) is 22.2 Å². The molecule has 0 unspecified atom stereocenters.